The van der Waals surface area contributed by atoms with Crippen LogP contribution in [0.5, 0.6) is 0 Å². The maximum Gasteiger partial charge on any atom is 0.141 e. The third-order valence-corrected chi connectivity index (χ3v) is 4.04. The van der Waals surface area contributed by atoms with E-state index in [4.69, 9.17) is 0 Å². The van der Waals surface area contributed by atoms with Crippen LogP contribution in [-0.2, 0) is 6.67 Å². The number of fused-ring (bicyclic) bond motifs is 1. The number of alkyl halides is 1. The van der Waals surface area contributed by atoms with Crippen molar-refractivity contribution >= 4 is 11.0 Å². The molecule has 2 heterocycles. The Balaban J connectivity index is 1.74. The van der Waals surface area contributed by atoms with Gasteiger partial charge < -0.3 is 4.98 Å². The molecule has 4 nitrogen and oxygen atoms in total. The third-order valence-electron chi connectivity index (χ3n) is 4.04. The van der Waals surface area contributed by atoms with Gasteiger partial charge in [0.05, 0.1) is 16.6 Å². The second kappa shape index (κ2) is 6.05. The van der Waals surface area contributed by atoms with Crippen molar-refractivity contribution in [3.8, 4) is 22.5 Å². The smallest absolute Gasteiger partial charge is 0.141 e. The summed E-state index contributed by atoms with van der Waals surface area (Å²) < 4.78 is 27.4. The van der Waals surface area contributed by atoms with E-state index in [0.29, 0.717) is 39.4 Å². The zero-order chi connectivity index (χ0) is 17.4. The molecule has 4 rings (SSSR count). The van der Waals surface area contributed by atoms with Crippen LogP contribution in [0, 0.1) is 12.7 Å². The van der Waals surface area contributed by atoms with Crippen LogP contribution < -0.4 is 0 Å². The first kappa shape index (κ1) is 15.4. The number of imidazole rings is 1. The van der Waals surface area contributed by atoms with Crippen LogP contribution in [0.4, 0.5) is 8.78 Å². The fourth-order valence-corrected chi connectivity index (χ4v) is 2.70. The van der Waals surface area contributed by atoms with Gasteiger partial charge in [0.15, 0.2) is 0 Å². The summed E-state index contributed by atoms with van der Waals surface area (Å²) in [5, 5.41) is 0. The Morgan fingerprint density at radius 3 is 2.52 bits per heavy atom. The quantitative estimate of drug-likeness (QED) is 0.595. The topological polar surface area (TPSA) is 54.5 Å². The maximum absolute atomic E-state index is 14.6. The number of nitrogens with zero attached hydrogens (tertiary/aromatic N) is 3. The van der Waals surface area contributed by atoms with E-state index in [0.717, 1.165) is 5.56 Å². The highest BCUT2D eigenvalue weighted by atomic mass is 19.1. The highest BCUT2D eigenvalue weighted by Crippen LogP contribution is 2.27. The number of aromatic amines is 1. The van der Waals surface area contributed by atoms with Crippen molar-refractivity contribution in [3.63, 3.8) is 0 Å². The number of benzene rings is 2. The molecular weight excluding hydrogens is 322 g/mol. The molecule has 0 radical (unpaired) electrons. The number of aromatic nitrogens is 4. The molecule has 124 valence electrons. The Bertz CT molecular complexity index is 1050. The minimum absolute atomic E-state index is 0.356. The number of halogens is 2. The maximum atomic E-state index is 14.6. The van der Waals surface area contributed by atoms with Crippen LogP contribution in [0.15, 0.2) is 48.8 Å². The van der Waals surface area contributed by atoms with E-state index in [-0.39, 0.29) is 0 Å². The largest absolute Gasteiger partial charge is 0.338 e. The molecule has 0 aliphatic heterocycles. The molecule has 2 aromatic heterocycles. The van der Waals surface area contributed by atoms with Crippen molar-refractivity contribution in [3.05, 3.63) is 66.0 Å². The Morgan fingerprint density at radius 1 is 1.00 bits per heavy atom. The molecular formula is C19H14F2N4. The normalized spacial score (nSPS) is 11.2. The number of hydrogen-bond donors (Lipinski definition) is 1. The van der Waals surface area contributed by atoms with E-state index >= 15 is 0 Å². The van der Waals surface area contributed by atoms with E-state index in [1.807, 2.05) is 0 Å². The Kier molecular flexibility index (Phi) is 3.72. The number of hydrogen-bond acceptors (Lipinski definition) is 3. The predicted octanol–water partition coefficient (Wildman–Crippen LogP) is 4.60. The SMILES string of the molecule is Cc1ncc(-c2ccc(-c3nc4ccc(CF)cc4[nH]3)c(F)c2)cn1. The molecule has 25 heavy (non-hydrogen) atoms. The molecule has 0 unspecified atom stereocenters. The van der Waals surface area contributed by atoms with Crippen molar-refractivity contribution < 1.29 is 8.78 Å². The lowest BCUT2D eigenvalue weighted by Gasteiger charge is -2.04. The van der Waals surface area contributed by atoms with Gasteiger partial charge >= 0.3 is 0 Å². The molecule has 0 saturated carbocycles. The third kappa shape index (κ3) is 2.87. The van der Waals surface area contributed by atoms with Gasteiger partial charge in [-0.15, -0.1) is 0 Å². The molecule has 4 aromatic rings. The van der Waals surface area contributed by atoms with Gasteiger partial charge in [0, 0.05) is 18.0 Å². The van der Waals surface area contributed by atoms with E-state index in [1.54, 1.807) is 49.6 Å². The second-order valence-electron chi connectivity index (χ2n) is 5.78. The summed E-state index contributed by atoms with van der Waals surface area (Å²) in [6, 6.07) is 9.97. The molecule has 0 bridgehead atoms. The summed E-state index contributed by atoms with van der Waals surface area (Å²) in [5.74, 6) is 0.675. The molecule has 0 aliphatic carbocycles. The van der Waals surface area contributed by atoms with E-state index in [1.165, 1.54) is 6.07 Å². The van der Waals surface area contributed by atoms with Gasteiger partial charge in [0.2, 0.25) is 0 Å². The summed E-state index contributed by atoms with van der Waals surface area (Å²) in [4.78, 5) is 15.7. The van der Waals surface area contributed by atoms with E-state index in [9.17, 15) is 8.78 Å². The summed E-state index contributed by atoms with van der Waals surface area (Å²) in [5.41, 5.74) is 3.70. The van der Waals surface area contributed by atoms with E-state index < -0.39 is 12.5 Å². The van der Waals surface area contributed by atoms with Gasteiger partial charge in [0.1, 0.15) is 24.1 Å². The van der Waals surface area contributed by atoms with Gasteiger partial charge in [-0.2, -0.15) is 0 Å². The summed E-state index contributed by atoms with van der Waals surface area (Å²) >= 11 is 0. The Morgan fingerprint density at radius 2 is 1.80 bits per heavy atom. The second-order valence-corrected chi connectivity index (χ2v) is 5.78. The average molecular weight is 336 g/mol. The minimum atomic E-state index is -0.550. The number of aryl methyl sites for hydroxylation is 1. The van der Waals surface area contributed by atoms with Crippen molar-refractivity contribution in [2.24, 2.45) is 0 Å². The van der Waals surface area contributed by atoms with Crippen LogP contribution >= 0.6 is 0 Å². The van der Waals surface area contributed by atoms with Gasteiger partial charge in [-0.3, -0.25) is 0 Å². The summed E-state index contributed by atoms with van der Waals surface area (Å²) in [6.07, 6.45) is 3.33. The zero-order valence-corrected chi connectivity index (χ0v) is 13.4. The van der Waals surface area contributed by atoms with Crippen molar-refractivity contribution in [2.45, 2.75) is 13.6 Å². The van der Waals surface area contributed by atoms with Gasteiger partial charge in [-0.1, -0.05) is 12.1 Å². The minimum Gasteiger partial charge on any atom is -0.338 e. The van der Waals surface area contributed by atoms with E-state index in [2.05, 4.69) is 19.9 Å². The van der Waals surface area contributed by atoms with Crippen LogP contribution in [0.1, 0.15) is 11.4 Å². The lowest BCUT2D eigenvalue weighted by atomic mass is 10.1. The molecule has 2 aromatic carbocycles. The summed E-state index contributed by atoms with van der Waals surface area (Å²) in [7, 11) is 0. The van der Waals surface area contributed by atoms with Crippen molar-refractivity contribution in [1.29, 1.82) is 0 Å². The molecule has 0 spiro atoms. The number of rotatable bonds is 3. The highest BCUT2D eigenvalue weighted by Gasteiger charge is 2.12. The number of nitrogens with one attached hydrogen (secondary N) is 1. The fourth-order valence-electron chi connectivity index (χ4n) is 2.70. The Labute approximate surface area is 142 Å². The standard InChI is InChI=1S/C19H14F2N4/c1-11-22-9-14(10-23-11)13-3-4-15(16(21)7-13)19-24-17-5-2-12(8-20)6-18(17)25-19/h2-7,9-10H,8H2,1H3,(H,24,25). The van der Waals surface area contributed by atoms with Gasteiger partial charge in [-0.25, -0.2) is 23.7 Å². The fraction of sp³-hybridized carbons (Fsp3) is 0.105. The highest BCUT2D eigenvalue weighted by molar-refractivity contribution is 5.80. The van der Waals surface area contributed by atoms with Crippen LogP contribution in [0.25, 0.3) is 33.5 Å². The molecule has 6 heteroatoms. The van der Waals surface area contributed by atoms with Crippen molar-refractivity contribution in [2.75, 3.05) is 0 Å². The molecule has 0 amide bonds. The van der Waals surface area contributed by atoms with Crippen molar-refractivity contribution in [1.82, 2.24) is 19.9 Å². The molecule has 1 N–H and O–H groups in total. The number of H-pyrrole nitrogens is 1. The molecule has 0 saturated heterocycles. The van der Waals surface area contributed by atoms with Crippen LogP contribution in [-0.4, -0.2) is 19.9 Å². The van der Waals surface area contributed by atoms with Gasteiger partial charge in [0.25, 0.3) is 0 Å². The predicted molar refractivity (Wildman–Crippen MR) is 92.1 cm³/mol. The van der Waals surface area contributed by atoms with Crippen LogP contribution in [0.3, 0.4) is 0 Å². The first-order valence-corrected chi connectivity index (χ1v) is 7.77. The Hall–Kier alpha value is -3.15. The average Bonchev–Trinajstić information content (AvgIpc) is 3.05. The van der Waals surface area contributed by atoms with Gasteiger partial charge in [-0.05, 0) is 42.3 Å². The monoisotopic (exact) mass is 336 g/mol. The molecule has 0 fully saturated rings. The molecule has 0 aliphatic rings. The zero-order valence-electron chi connectivity index (χ0n) is 13.4. The lowest BCUT2D eigenvalue weighted by Crippen LogP contribution is -1.91. The first-order chi connectivity index (χ1) is 12.1. The molecule has 0 atom stereocenters. The summed E-state index contributed by atoms with van der Waals surface area (Å²) in [6.45, 7) is 1.25. The lowest BCUT2D eigenvalue weighted by molar-refractivity contribution is 0.485. The van der Waals surface area contributed by atoms with Crippen LogP contribution in [0.2, 0.25) is 0 Å². The first-order valence-electron chi connectivity index (χ1n) is 7.77.